The molecule has 1 aliphatic rings. The monoisotopic (exact) mass is 336 g/mol. The van der Waals surface area contributed by atoms with E-state index in [-0.39, 0.29) is 17.5 Å². The molecule has 0 aliphatic carbocycles. The number of halogens is 1. The van der Waals surface area contributed by atoms with E-state index in [1.54, 1.807) is 6.92 Å². The van der Waals surface area contributed by atoms with E-state index in [0.717, 1.165) is 6.08 Å². The summed E-state index contributed by atoms with van der Waals surface area (Å²) in [7, 11) is 0. The number of carboxylic acid groups (broad SMARTS) is 2. The van der Waals surface area contributed by atoms with Crippen LogP contribution in [0, 0.1) is 12.8 Å². The molecule has 1 aliphatic heterocycles. The number of ether oxygens (including phenoxy) is 1. The van der Waals surface area contributed by atoms with E-state index in [9.17, 15) is 9.59 Å². The first-order valence-corrected chi connectivity index (χ1v) is 6.95. The first kappa shape index (κ1) is 16.7. The Bertz CT molecular complexity index is 739. The minimum Gasteiger partial charge on any atom is -0.481 e. The molecule has 0 saturated heterocycles. The fraction of sp³-hybridized carbons (Fsp3) is 0.200. The van der Waals surface area contributed by atoms with Crippen molar-refractivity contribution in [3.63, 3.8) is 0 Å². The van der Waals surface area contributed by atoms with Crippen molar-refractivity contribution in [2.75, 3.05) is 0 Å². The van der Waals surface area contributed by atoms with Crippen molar-refractivity contribution in [3.05, 3.63) is 41.6 Å². The maximum Gasteiger partial charge on any atom is 0.328 e. The van der Waals surface area contributed by atoms with Crippen LogP contribution < -0.4 is 4.74 Å². The zero-order valence-corrected chi connectivity index (χ0v) is 12.8. The van der Waals surface area contributed by atoms with E-state index >= 15 is 0 Å². The zero-order valence-electron chi connectivity index (χ0n) is 12.1. The van der Waals surface area contributed by atoms with Gasteiger partial charge < -0.3 is 14.9 Å². The lowest BCUT2D eigenvalue weighted by atomic mass is 10.1. The third-order valence-electron chi connectivity index (χ3n) is 3.11. The van der Waals surface area contributed by atoms with E-state index in [1.165, 1.54) is 24.5 Å². The Hall–Kier alpha value is -2.67. The van der Waals surface area contributed by atoms with Gasteiger partial charge in [0.05, 0.1) is 12.1 Å². The molecule has 1 unspecified atom stereocenters. The second-order valence-electron chi connectivity index (χ2n) is 4.77. The van der Waals surface area contributed by atoms with Gasteiger partial charge in [-0.3, -0.25) is 9.78 Å². The highest BCUT2D eigenvalue weighted by Gasteiger charge is 2.23. The highest BCUT2D eigenvalue weighted by Crippen LogP contribution is 2.26. The number of aliphatic imine (C=N–C) groups is 1. The predicted molar refractivity (Wildman–Crippen MR) is 83.4 cm³/mol. The van der Waals surface area contributed by atoms with Crippen LogP contribution in [0.2, 0.25) is 0 Å². The van der Waals surface area contributed by atoms with Crippen LogP contribution in [0.4, 0.5) is 0 Å². The summed E-state index contributed by atoms with van der Waals surface area (Å²) in [5, 5.41) is 17.9. The number of nitrogens with zero attached hydrogens (tertiary/aromatic N) is 2. The van der Waals surface area contributed by atoms with Crippen LogP contribution in [-0.4, -0.2) is 32.3 Å². The number of hydrogen-bond donors (Lipinski definition) is 2. The largest absolute Gasteiger partial charge is 0.481 e. The van der Waals surface area contributed by atoms with E-state index < -0.39 is 17.9 Å². The quantitative estimate of drug-likeness (QED) is 0.799. The van der Waals surface area contributed by atoms with Crippen molar-refractivity contribution in [2.24, 2.45) is 10.9 Å². The standard InChI is InChI=1S/C15H13ClN2O5/c1-8-9(2-3-14(19)20)6-17-7-11(8)23-13-5-10(15(21)22)4-12(16)18-13/h2-3,5-7,10H,4H2,1H3,(H,19,20)(H,21,22)/b3-2+. The van der Waals surface area contributed by atoms with Crippen LogP contribution in [0.15, 0.2) is 35.4 Å². The Morgan fingerprint density at radius 1 is 1.39 bits per heavy atom. The fourth-order valence-corrected chi connectivity index (χ4v) is 2.15. The molecule has 1 aromatic heterocycles. The van der Waals surface area contributed by atoms with Crippen LogP contribution in [0.5, 0.6) is 5.75 Å². The first-order chi connectivity index (χ1) is 10.9. The molecule has 0 spiro atoms. The third-order valence-corrected chi connectivity index (χ3v) is 3.35. The molecule has 1 atom stereocenters. The number of carboxylic acids is 2. The van der Waals surface area contributed by atoms with Crippen LogP contribution >= 0.6 is 11.6 Å². The molecule has 7 nitrogen and oxygen atoms in total. The molecule has 120 valence electrons. The second kappa shape index (κ2) is 7.06. The van der Waals surface area contributed by atoms with Gasteiger partial charge in [0.15, 0.2) is 5.75 Å². The molecule has 8 heteroatoms. The van der Waals surface area contributed by atoms with Crippen LogP contribution in [0.25, 0.3) is 6.08 Å². The molecular weight excluding hydrogens is 324 g/mol. The van der Waals surface area contributed by atoms with Crippen molar-refractivity contribution in [3.8, 4) is 5.75 Å². The van der Waals surface area contributed by atoms with Crippen LogP contribution in [0.1, 0.15) is 17.5 Å². The summed E-state index contributed by atoms with van der Waals surface area (Å²) in [4.78, 5) is 29.6. The summed E-state index contributed by atoms with van der Waals surface area (Å²) in [5.74, 6) is -2.50. The lowest BCUT2D eigenvalue weighted by Gasteiger charge is -2.16. The van der Waals surface area contributed by atoms with Crippen LogP contribution in [0.3, 0.4) is 0 Å². The summed E-state index contributed by atoms with van der Waals surface area (Å²) in [6, 6.07) is 0. The summed E-state index contributed by atoms with van der Waals surface area (Å²) in [5.41, 5.74) is 1.20. The average molecular weight is 337 g/mol. The van der Waals surface area contributed by atoms with Crippen molar-refractivity contribution >= 4 is 34.8 Å². The molecule has 0 amide bonds. The Kier molecular flexibility index (Phi) is 5.13. The highest BCUT2D eigenvalue weighted by atomic mass is 35.5. The number of aliphatic carboxylic acids is 2. The summed E-state index contributed by atoms with van der Waals surface area (Å²) in [6.45, 7) is 1.72. The van der Waals surface area contributed by atoms with Gasteiger partial charge in [-0.15, -0.1) is 0 Å². The number of hydrogen-bond acceptors (Lipinski definition) is 5. The Balaban J connectivity index is 2.28. The molecule has 2 N–H and O–H groups in total. The van der Waals surface area contributed by atoms with E-state index in [1.807, 2.05) is 0 Å². The van der Waals surface area contributed by atoms with E-state index in [4.69, 9.17) is 26.6 Å². The first-order valence-electron chi connectivity index (χ1n) is 6.58. The van der Waals surface area contributed by atoms with Gasteiger partial charge in [0.2, 0.25) is 5.88 Å². The zero-order chi connectivity index (χ0) is 17.0. The summed E-state index contributed by atoms with van der Waals surface area (Å²) < 4.78 is 5.57. The minimum absolute atomic E-state index is 0.0675. The maximum absolute atomic E-state index is 11.1. The van der Waals surface area contributed by atoms with Gasteiger partial charge in [-0.05, 0) is 24.6 Å². The van der Waals surface area contributed by atoms with Crippen molar-refractivity contribution in [1.29, 1.82) is 0 Å². The SMILES string of the molecule is Cc1c(/C=C/C(=O)O)cncc1OC1=CC(C(=O)O)CC(Cl)=N1. The number of aromatic nitrogens is 1. The smallest absolute Gasteiger partial charge is 0.328 e. The molecule has 0 aromatic carbocycles. The molecule has 1 aromatic rings. The van der Waals surface area contributed by atoms with E-state index in [0.29, 0.717) is 16.9 Å². The topological polar surface area (TPSA) is 109 Å². The van der Waals surface area contributed by atoms with Crippen molar-refractivity contribution in [2.45, 2.75) is 13.3 Å². The molecule has 23 heavy (non-hydrogen) atoms. The lowest BCUT2D eigenvalue weighted by molar-refractivity contribution is -0.140. The number of carbonyl (C=O) groups is 2. The van der Waals surface area contributed by atoms with Gasteiger partial charge in [0, 0.05) is 24.3 Å². The average Bonchev–Trinajstić information content (AvgIpc) is 2.47. The van der Waals surface area contributed by atoms with Gasteiger partial charge in [-0.2, -0.15) is 0 Å². The van der Waals surface area contributed by atoms with Gasteiger partial charge in [0.1, 0.15) is 5.17 Å². The molecule has 2 rings (SSSR count). The molecule has 0 bridgehead atoms. The van der Waals surface area contributed by atoms with Crippen molar-refractivity contribution in [1.82, 2.24) is 4.98 Å². The van der Waals surface area contributed by atoms with Gasteiger partial charge in [-0.25, -0.2) is 9.79 Å². The van der Waals surface area contributed by atoms with E-state index in [2.05, 4.69) is 9.98 Å². The normalized spacial score (nSPS) is 17.6. The fourth-order valence-electron chi connectivity index (χ4n) is 1.90. The Labute approximate surface area is 136 Å². The van der Waals surface area contributed by atoms with Crippen LogP contribution in [-0.2, 0) is 9.59 Å². The minimum atomic E-state index is -1.08. The molecular formula is C15H13ClN2O5. The predicted octanol–water partition coefficient (Wildman–Crippen LogP) is 2.45. The van der Waals surface area contributed by atoms with Gasteiger partial charge in [-0.1, -0.05) is 11.6 Å². The summed E-state index contributed by atoms with van der Waals surface area (Å²) >= 11 is 5.85. The molecule has 0 fully saturated rings. The maximum atomic E-state index is 11.1. The Morgan fingerprint density at radius 3 is 2.78 bits per heavy atom. The molecule has 2 heterocycles. The van der Waals surface area contributed by atoms with Crippen molar-refractivity contribution < 1.29 is 24.5 Å². The number of pyridine rings is 1. The number of rotatable bonds is 5. The van der Waals surface area contributed by atoms with Gasteiger partial charge >= 0.3 is 11.9 Å². The van der Waals surface area contributed by atoms with Gasteiger partial charge in [0.25, 0.3) is 0 Å². The highest BCUT2D eigenvalue weighted by molar-refractivity contribution is 6.65. The molecule has 0 saturated carbocycles. The Morgan fingerprint density at radius 2 is 2.13 bits per heavy atom. The third kappa shape index (κ3) is 4.40. The summed E-state index contributed by atoms with van der Waals surface area (Å²) in [6.07, 6.45) is 6.79. The lowest BCUT2D eigenvalue weighted by Crippen LogP contribution is -2.18. The second-order valence-corrected chi connectivity index (χ2v) is 5.20. The molecule has 0 radical (unpaired) electrons.